The lowest BCUT2D eigenvalue weighted by Crippen LogP contribution is -2.30. The Kier molecular flexibility index (Phi) is 8.71. The fourth-order valence-electron chi connectivity index (χ4n) is 1.80. The number of hydrogen-bond acceptors (Lipinski definition) is 6. The number of amides is 1. The predicted molar refractivity (Wildman–Crippen MR) is 94.5 cm³/mol. The molecule has 0 aliphatic rings. The minimum Gasteiger partial charge on any atom is -0.383 e. The van der Waals surface area contributed by atoms with Crippen LogP contribution in [-0.4, -0.2) is 42.9 Å². The number of rotatable bonds is 8. The molecule has 8 heteroatoms. The van der Waals surface area contributed by atoms with Crippen molar-refractivity contribution in [1.29, 1.82) is 0 Å². The zero-order chi connectivity index (χ0) is 15.8. The van der Waals surface area contributed by atoms with E-state index in [0.29, 0.717) is 18.3 Å². The zero-order valence-corrected chi connectivity index (χ0v) is 14.8. The first-order valence-corrected chi connectivity index (χ1v) is 7.86. The lowest BCUT2D eigenvalue weighted by molar-refractivity contribution is -0.115. The van der Waals surface area contributed by atoms with Crippen LogP contribution in [0, 0.1) is 6.92 Å². The van der Waals surface area contributed by atoms with Gasteiger partial charge in [-0.25, -0.2) is 0 Å². The summed E-state index contributed by atoms with van der Waals surface area (Å²) in [5.74, 6) is -0.130. The van der Waals surface area contributed by atoms with Crippen molar-refractivity contribution in [2.24, 2.45) is 0 Å². The average molecular weight is 357 g/mol. The molecule has 1 aromatic carbocycles. The van der Waals surface area contributed by atoms with Crippen molar-refractivity contribution in [1.82, 2.24) is 15.5 Å². The monoisotopic (exact) mass is 356 g/mol. The smallest absolute Gasteiger partial charge is 0.240 e. The normalized spacial score (nSPS) is 10.2. The number of halogens is 1. The Bertz CT molecular complexity index is 604. The Morgan fingerprint density at radius 3 is 2.70 bits per heavy atom. The van der Waals surface area contributed by atoms with Crippen molar-refractivity contribution in [3.8, 4) is 0 Å². The largest absolute Gasteiger partial charge is 0.383 e. The van der Waals surface area contributed by atoms with E-state index in [1.165, 1.54) is 22.5 Å². The third kappa shape index (κ3) is 7.04. The van der Waals surface area contributed by atoms with Gasteiger partial charge in [0.2, 0.25) is 11.0 Å². The SMILES string of the molecule is COCCNCC(=O)Nc1nnc(Cc2ccc(C)cc2)s1.Cl. The van der Waals surface area contributed by atoms with Crippen molar-refractivity contribution in [2.75, 3.05) is 32.1 Å². The number of aryl methyl sites for hydroxylation is 1. The zero-order valence-electron chi connectivity index (χ0n) is 13.2. The molecule has 126 valence electrons. The predicted octanol–water partition coefficient (Wildman–Crippen LogP) is 2.03. The summed E-state index contributed by atoms with van der Waals surface area (Å²) in [4.78, 5) is 11.7. The molecule has 0 radical (unpaired) electrons. The fraction of sp³-hybridized carbons (Fsp3) is 0.400. The molecule has 6 nitrogen and oxygen atoms in total. The highest BCUT2D eigenvalue weighted by atomic mass is 35.5. The molecule has 0 unspecified atom stereocenters. The molecular formula is C15H21ClN4O2S. The highest BCUT2D eigenvalue weighted by Gasteiger charge is 2.08. The number of anilines is 1. The Balaban J connectivity index is 0.00000264. The maximum absolute atomic E-state index is 11.7. The third-order valence-corrected chi connectivity index (χ3v) is 3.80. The summed E-state index contributed by atoms with van der Waals surface area (Å²) in [6.07, 6.45) is 0.722. The molecule has 2 rings (SSSR count). The van der Waals surface area contributed by atoms with Crippen molar-refractivity contribution < 1.29 is 9.53 Å². The van der Waals surface area contributed by atoms with Crippen LogP contribution in [0.1, 0.15) is 16.1 Å². The molecule has 0 saturated carbocycles. The van der Waals surface area contributed by atoms with Crippen molar-refractivity contribution >= 4 is 34.8 Å². The standard InChI is InChI=1S/C15H20N4O2S.ClH/c1-11-3-5-12(6-4-11)9-14-18-19-15(22-14)17-13(20)10-16-7-8-21-2;/h3-6,16H,7-10H2,1-2H3,(H,17,19,20);1H. The topological polar surface area (TPSA) is 76.1 Å². The number of nitrogens with one attached hydrogen (secondary N) is 2. The minimum atomic E-state index is -0.130. The van der Waals surface area contributed by atoms with Gasteiger partial charge in [-0.05, 0) is 12.5 Å². The van der Waals surface area contributed by atoms with Gasteiger partial charge in [-0.2, -0.15) is 0 Å². The molecule has 0 aliphatic carbocycles. The van der Waals surface area contributed by atoms with Crippen LogP contribution >= 0.6 is 23.7 Å². The molecule has 1 aromatic heterocycles. The van der Waals surface area contributed by atoms with E-state index < -0.39 is 0 Å². The summed E-state index contributed by atoms with van der Waals surface area (Å²) >= 11 is 1.40. The summed E-state index contributed by atoms with van der Waals surface area (Å²) in [6, 6.07) is 8.30. The van der Waals surface area contributed by atoms with Crippen molar-refractivity contribution in [3.05, 3.63) is 40.4 Å². The molecule has 1 heterocycles. The van der Waals surface area contributed by atoms with Crippen LogP contribution in [0.15, 0.2) is 24.3 Å². The first kappa shape index (κ1) is 19.5. The molecular weight excluding hydrogens is 336 g/mol. The van der Waals surface area contributed by atoms with E-state index in [2.05, 4.69) is 52.0 Å². The van der Waals surface area contributed by atoms with Crippen molar-refractivity contribution in [3.63, 3.8) is 0 Å². The number of aromatic nitrogens is 2. The second-order valence-electron chi connectivity index (χ2n) is 4.88. The van der Waals surface area contributed by atoms with Crippen LogP contribution in [-0.2, 0) is 16.0 Å². The van der Waals surface area contributed by atoms with E-state index in [9.17, 15) is 4.79 Å². The molecule has 0 bridgehead atoms. The Morgan fingerprint density at radius 2 is 2.00 bits per heavy atom. The van der Waals surface area contributed by atoms with Gasteiger partial charge in [0.15, 0.2) is 0 Å². The number of hydrogen-bond donors (Lipinski definition) is 2. The van der Waals surface area contributed by atoms with Gasteiger partial charge in [0, 0.05) is 20.1 Å². The maximum atomic E-state index is 11.7. The van der Waals surface area contributed by atoms with Gasteiger partial charge in [-0.1, -0.05) is 41.2 Å². The van der Waals surface area contributed by atoms with E-state index in [1.807, 2.05) is 0 Å². The van der Waals surface area contributed by atoms with Crippen LogP contribution in [0.25, 0.3) is 0 Å². The molecule has 0 aliphatic heterocycles. The van der Waals surface area contributed by atoms with E-state index in [1.54, 1.807) is 7.11 Å². The number of carbonyl (C=O) groups excluding carboxylic acids is 1. The Hall–Kier alpha value is -1.54. The lowest BCUT2D eigenvalue weighted by atomic mass is 10.1. The number of benzene rings is 1. The first-order chi connectivity index (χ1) is 10.7. The summed E-state index contributed by atoms with van der Waals surface area (Å²) in [5.41, 5.74) is 2.41. The fourth-order valence-corrected chi connectivity index (χ4v) is 2.59. The van der Waals surface area contributed by atoms with Gasteiger partial charge in [0.25, 0.3) is 0 Å². The third-order valence-electron chi connectivity index (χ3n) is 2.96. The molecule has 0 spiro atoms. The maximum Gasteiger partial charge on any atom is 0.240 e. The molecule has 0 fully saturated rings. The summed E-state index contributed by atoms with van der Waals surface area (Å²) < 4.78 is 4.89. The molecule has 0 atom stereocenters. The van der Waals surface area contributed by atoms with Crippen molar-refractivity contribution in [2.45, 2.75) is 13.3 Å². The van der Waals surface area contributed by atoms with Crippen LogP contribution in [0.5, 0.6) is 0 Å². The van der Waals surface area contributed by atoms with Gasteiger partial charge < -0.3 is 10.1 Å². The van der Waals surface area contributed by atoms with Gasteiger partial charge in [-0.3, -0.25) is 10.1 Å². The Labute approximate surface area is 146 Å². The summed E-state index contributed by atoms with van der Waals surface area (Å²) in [6.45, 7) is 3.50. The number of ether oxygens (including phenoxy) is 1. The van der Waals surface area contributed by atoms with Crippen LogP contribution in [0.4, 0.5) is 5.13 Å². The van der Waals surface area contributed by atoms with E-state index >= 15 is 0 Å². The molecule has 23 heavy (non-hydrogen) atoms. The van der Waals surface area contributed by atoms with Gasteiger partial charge in [0.1, 0.15) is 5.01 Å². The van der Waals surface area contributed by atoms with Crippen LogP contribution in [0.2, 0.25) is 0 Å². The molecule has 2 N–H and O–H groups in total. The first-order valence-electron chi connectivity index (χ1n) is 7.05. The van der Waals surface area contributed by atoms with E-state index in [4.69, 9.17) is 4.74 Å². The highest BCUT2D eigenvalue weighted by molar-refractivity contribution is 7.15. The van der Waals surface area contributed by atoms with Crippen LogP contribution < -0.4 is 10.6 Å². The molecule has 0 saturated heterocycles. The quantitative estimate of drug-likeness (QED) is 0.708. The van der Waals surface area contributed by atoms with E-state index in [-0.39, 0.29) is 24.9 Å². The summed E-state index contributed by atoms with van der Waals surface area (Å²) in [5, 5.41) is 15.2. The molecule has 2 aromatic rings. The lowest BCUT2D eigenvalue weighted by Gasteiger charge is -2.03. The van der Waals surface area contributed by atoms with Gasteiger partial charge in [-0.15, -0.1) is 22.6 Å². The Morgan fingerprint density at radius 1 is 1.26 bits per heavy atom. The summed E-state index contributed by atoms with van der Waals surface area (Å²) in [7, 11) is 1.62. The highest BCUT2D eigenvalue weighted by Crippen LogP contribution is 2.18. The van der Waals surface area contributed by atoms with E-state index in [0.717, 1.165) is 11.4 Å². The van der Waals surface area contributed by atoms with Crippen LogP contribution in [0.3, 0.4) is 0 Å². The number of nitrogens with zero attached hydrogens (tertiary/aromatic N) is 2. The number of methoxy groups -OCH3 is 1. The van der Waals surface area contributed by atoms with Gasteiger partial charge in [0.05, 0.1) is 13.2 Å². The van der Waals surface area contributed by atoms with Gasteiger partial charge >= 0.3 is 0 Å². The minimum absolute atomic E-state index is 0. The average Bonchev–Trinajstić information content (AvgIpc) is 2.93. The number of carbonyl (C=O) groups is 1. The molecule has 1 amide bonds. The second-order valence-corrected chi connectivity index (χ2v) is 5.94. The second kappa shape index (κ2) is 10.3.